The van der Waals surface area contributed by atoms with E-state index < -0.39 is 0 Å². The molecule has 1 aliphatic heterocycles. The summed E-state index contributed by atoms with van der Waals surface area (Å²) in [5, 5.41) is 3.65. The topological polar surface area (TPSA) is 35.6 Å². The second-order valence-electron chi connectivity index (χ2n) is 6.50. The average Bonchev–Trinajstić information content (AvgIpc) is 2.87. The molecule has 26 heavy (non-hydrogen) atoms. The van der Waals surface area contributed by atoms with Gasteiger partial charge in [-0.2, -0.15) is 0 Å². The molecule has 0 atom stereocenters. The molecular formula is C20H23ClFN3O. The van der Waals surface area contributed by atoms with Crippen LogP contribution in [0.5, 0.6) is 0 Å². The van der Waals surface area contributed by atoms with Gasteiger partial charge in [-0.05, 0) is 48.4 Å². The lowest BCUT2D eigenvalue weighted by Gasteiger charge is -2.23. The molecule has 1 fully saturated rings. The Morgan fingerprint density at radius 1 is 1.00 bits per heavy atom. The summed E-state index contributed by atoms with van der Waals surface area (Å²) in [6.07, 6.45) is 0.974. The Balaban J connectivity index is 1.45. The molecule has 2 aromatic rings. The van der Waals surface area contributed by atoms with Crippen molar-refractivity contribution in [2.24, 2.45) is 0 Å². The van der Waals surface area contributed by atoms with E-state index in [0.29, 0.717) is 18.1 Å². The highest BCUT2D eigenvalue weighted by Gasteiger charge is 2.17. The Hall–Kier alpha value is -2.11. The van der Waals surface area contributed by atoms with E-state index in [9.17, 15) is 9.18 Å². The molecule has 0 saturated carbocycles. The maximum atomic E-state index is 13.1. The van der Waals surface area contributed by atoms with Crippen LogP contribution in [0.3, 0.4) is 0 Å². The van der Waals surface area contributed by atoms with Crippen molar-refractivity contribution in [3.8, 4) is 0 Å². The third kappa shape index (κ3) is 5.44. The van der Waals surface area contributed by atoms with Crippen LogP contribution in [0.1, 0.15) is 12.0 Å². The molecule has 1 aliphatic rings. The molecule has 0 aliphatic carbocycles. The van der Waals surface area contributed by atoms with Crippen LogP contribution in [0.25, 0.3) is 0 Å². The third-order valence-corrected chi connectivity index (χ3v) is 4.80. The summed E-state index contributed by atoms with van der Waals surface area (Å²) >= 11 is 5.87. The molecule has 6 heteroatoms. The standard InChI is InChI=1S/C20H23ClFN3O/c21-17-4-2-16(3-5-17)14-23-20(26)15-24-10-1-11-25(13-12-24)19-8-6-18(22)7-9-19/h2-9H,1,10-15H2,(H,23,26). The number of hydrogen-bond acceptors (Lipinski definition) is 3. The van der Waals surface area contributed by atoms with E-state index in [0.717, 1.165) is 43.9 Å². The van der Waals surface area contributed by atoms with Crippen LogP contribution in [-0.4, -0.2) is 43.5 Å². The lowest BCUT2D eigenvalue weighted by Crippen LogP contribution is -2.39. The molecule has 138 valence electrons. The van der Waals surface area contributed by atoms with Crippen molar-refractivity contribution in [3.63, 3.8) is 0 Å². The Labute approximate surface area is 158 Å². The van der Waals surface area contributed by atoms with Crippen LogP contribution in [0.15, 0.2) is 48.5 Å². The van der Waals surface area contributed by atoms with E-state index in [1.165, 1.54) is 12.1 Å². The molecule has 0 bridgehead atoms. The van der Waals surface area contributed by atoms with E-state index in [4.69, 9.17) is 11.6 Å². The number of halogens is 2. The number of carbonyl (C=O) groups excluding carboxylic acids is 1. The van der Waals surface area contributed by atoms with Gasteiger partial charge in [0, 0.05) is 43.4 Å². The normalized spacial score (nSPS) is 15.5. The lowest BCUT2D eigenvalue weighted by atomic mass is 10.2. The summed E-state index contributed by atoms with van der Waals surface area (Å²) in [7, 11) is 0. The summed E-state index contributed by atoms with van der Waals surface area (Å²) in [6.45, 7) is 4.33. The predicted octanol–water partition coefficient (Wildman–Crippen LogP) is 3.31. The quantitative estimate of drug-likeness (QED) is 0.870. The fraction of sp³-hybridized carbons (Fsp3) is 0.350. The van der Waals surface area contributed by atoms with Crippen LogP contribution in [-0.2, 0) is 11.3 Å². The minimum Gasteiger partial charge on any atom is -0.370 e. The number of rotatable bonds is 5. The summed E-state index contributed by atoms with van der Waals surface area (Å²) in [5.74, 6) is -0.197. The summed E-state index contributed by atoms with van der Waals surface area (Å²) in [6, 6.07) is 14.1. The molecule has 3 rings (SSSR count). The van der Waals surface area contributed by atoms with E-state index in [-0.39, 0.29) is 11.7 Å². The smallest absolute Gasteiger partial charge is 0.234 e. The highest BCUT2D eigenvalue weighted by molar-refractivity contribution is 6.30. The van der Waals surface area contributed by atoms with Crippen LogP contribution < -0.4 is 10.2 Å². The van der Waals surface area contributed by atoms with Gasteiger partial charge < -0.3 is 10.2 Å². The summed E-state index contributed by atoms with van der Waals surface area (Å²) < 4.78 is 13.1. The van der Waals surface area contributed by atoms with E-state index in [1.54, 1.807) is 0 Å². The van der Waals surface area contributed by atoms with E-state index >= 15 is 0 Å². The van der Waals surface area contributed by atoms with Crippen molar-refractivity contribution in [2.45, 2.75) is 13.0 Å². The van der Waals surface area contributed by atoms with E-state index in [2.05, 4.69) is 15.1 Å². The molecule has 1 heterocycles. The zero-order valence-corrected chi connectivity index (χ0v) is 15.4. The molecule has 2 aromatic carbocycles. The first-order valence-electron chi connectivity index (χ1n) is 8.84. The van der Waals surface area contributed by atoms with Gasteiger partial charge >= 0.3 is 0 Å². The number of benzene rings is 2. The number of carbonyl (C=O) groups is 1. The molecular weight excluding hydrogens is 353 g/mol. The molecule has 0 unspecified atom stereocenters. The van der Waals surface area contributed by atoms with Crippen molar-refractivity contribution >= 4 is 23.2 Å². The maximum absolute atomic E-state index is 13.1. The van der Waals surface area contributed by atoms with Gasteiger partial charge in [-0.15, -0.1) is 0 Å². The van der Waals surface area contributed by atoms with Crippen LogP contribution in [0.2, 0.25) is 5.02 Å². The molecule has 0 spiro atoms. The van der Waals surface area contributed by atoms with Gasteiger partial charge in [0.05, 0.1) is 6.54 Å². The second-order valence-corrected chi connectivity index (χ2v) is 6.93. The zero-order chi connectivity index (χ0) is 18.4. The van der Waals surface area contributed by atoms with Crippen LogP contribution in [0.4, 0.5) is 10.1 Å². The third-order valence-electron chi connectivity index (χ3n) is 4.55. The largest absolute Gasteiger partial charge is 0.370 e. The van der Waals surface area contributed by atoms with Gasteiger partial charge in [0.2, 0.25) is 5.91 Å². The fourth-order valence-electron chi connectivity index (χ4n) is 3.10. The van der Waals surface area contributed by atoms with Crippen molar-refractivity contribution in [1.29, 1.82) is 0 Å². The summed E-state index contributed by atoms with van der Waals surface area (Å²) in [5.41, 5.74) is 2.06. The van der Waals surface area contributed by atoms with Gasteiger partial charge in [0.25, 0.3) is 0 Å². The van der Waals surface area contributed by atoms with Gasteiger partial charge in [-0.25, -0.2) is 4.39 Å². The number of nitrogens with zero attached hydrogens (tertiary/aromatic N) is 2. The summed E-state index contributed by atoms with van der Waals surface area (Å²) in [4.78, 5) is 16.6. The van der Waals surface area contributed by atoms with Crippen molar-refractivity contribution in [1.82, 2.24) is 10.2 Å². The van der Waals surface area contributed by atoms with Gasteiger partial charge in [0.15, 0.2) is 0 Å². The minimum absolute atomic E-state index is 0.0233. The first kappa shape index (κ1) is 18.7. The number of hydrogen-bond donors (Lipinski definition) is 1. The highest BCUT2D eigenvalue weighted by atomic mass is 35.5. The van der Waals surface area contributed by atoms with Crippen molar-refractivity contribution in [3.05, 3.63) is 64.9 Å². The van der Waals surface area contributed by atoms with Crippen molar-refractivity contribution < 1.29 is 9.18 Å². The average molecular weight is 376 g/mol. The number of nitrogens with one attached hydrogen (secondary N) is 1. The zero-order valence-electron chi connectivity index (χ0n) is 14.6. The highest BCUT2D eigenvalue weighted by Crippen LogP contribution is 2.17. The Morgan fingerprint density at radius 3 is 2.46 bits per heavy atom. The fourth-order valence-corrected chi connectivity index (χ4v) is 3.23. The predicted molar refractivity (Wildman–Crippen MR) is 103 cm³/mol. The Kier molecular flexibility index (Phi) is 6.47. The number of amides is 1. The molecule has 0 radical (unpaired) electrons. The van der Waals surface area contributed by atoms with Crippen LogP contribution >= 0.6 is 11.6 Å². The van der Waals surface area contributed by atoms with Crippen molar-refractivity contribution in [2.75, 3.05) is 37.6 Å². The van der Waals surface area contributed by atoms with Gasteiger partial charge in [0.1, 0.15) is 5.82 Å². The molecule has 4 nitrogen and oxygen atoms in total. The SMILES string of the molecule is O=C(CN1CCCN(c2ccc(F)cc2)CC1)NCc1ccc(Cl)cc1. The monoisotopic (exact) mass is 375 g/mol. The van der Waals surface area contributed by atoms with Gasteiger partial charge in [-0.3, -0.25) is 9.69 Å². The number of anilines is 1. The molecule has 1 N–H and O–H groups in total. The minimum atomic E-state index is -0.220. The maximum Gasteiger partial charge on any atom is 0.234 e. The van der Waals surface area contributed by atoms with E-state index in [1.807, 2.05) is 36.4 Å². The first-order valence-corrected chi connectivity index (χ1v) is 9.22. The second kappa shape index (κ2) is 9.01. The molecule has 1 saturated heterocycles. The van der Waals surface area contributed by atoms with Gasteiger partial charge in [-0.1, -0.05) is 23.7 Å². The molecule has 0 aromatic heterocycles. The Morgan fingerprint density at radius 2 is 1.73 bits per heavy atom. The molecule has 1 amide bonds. The van der Waals surface area contributed by atoms with Crippen LogP contribution in [0, 0.1) is 5.82 Å². The first-order chi connectivity index (χ1) is 12.6. The lowest BCUT2D eigenvalue weighted by molar-refractivity contribution is -0.122. The Bertz CT molecular complexity index is 721.